The summed E-state index contributed by atoms with van der Waals surface area (Å²) in [7, 11) is -3.63. The number of nitrogens with zero attached hydrogens (tertiary/aromatic N) is 2. The van der Waals surface area contributed by atoms with Crippen molar-refractivity contribution in [2.45, 2.75) is 19.8 Å². The number of sulfonamides is 1. The van der Waals surface area contributed by atoms with E-state index in [1.54, 1.807) is 0 Å². The van der Waals surface area contributed by atoms with E-state index < -0.39 is 10.0 Å². The maximum absolute atomic E-state index is 12.7. The average molecular weight is 428 g/mol. The topological polar surface area (TPSA) is 101 Å². The summed E-state index contributed by atoms with van der Waals surface area (Å²) in [5.74, 6) is 0.331. The van der Waals surface area contributed by atoms with E-state index in [0.717, 1.165) is 16.7 Å². The number of aliphatic hydroxyl groups is 1. The molecule has 8 heteroatoms. The van der Waals surface area contributed by atoms with Crippen LogP contribution in [0.25, 0.3) is 11.1 Å². The van der Waals surface area contributed by atoms with Crippen LogP contribution in [0.3, 0.4) is 0 Å². The first-order valence-corrected chi connectivity index (χ1v) is 11.3. The van der Waals surface area contributed by atoms with Gasteiger partial charge >= 0.3 is 0 Å². The molecule has 7 nitrogen and oxygen atoms in total. The fraction of sp³-hybridized carbons (Fsp3) is 0.273. The van der Waals surface area contributed by atoms with E-state index in [-0.39, 0.29) is 30.7 Å². The minimum Gasteiger partial charge on any atom is -0.475 e. The SMILES string of the molecule is Cc1ccc(-c2c(NS(=O)(=O)CCCc3ccccc3)ncnc2OCCO)cc1. The van der Waals surface area contributed by atoms with Gasteiger partial charge in [-0.15, -0.1) is 0 Å². The third-order valence-corrected chi connectivity index (χ3v) is 5.79. The largest absolute Gasteiger partial charge is 0.475 e. The van der Waals surface area contributed by atoms with Gasteiger partial charge in [0.1, 0.15) is 12.9 Å². The van der Waals surface area contributed by atoms with Gasteiger partial charge in [0.05, 0.1) is 17.9 Å². The van der Waals surface area contributed by atoms with Gasteiger partial charge in [0.2, 0.25) is 15.9 Å². The van der Waals surface area contributed by atoms with Crippen molar-refractivity contribution in [3.8, 4) is 17.0 Å². The van der Waals surface area contributed by atoms with Crippen molar-refractivity contribution in [3.63, 3.8) is 0 Å². The standard InChI is InChI=1S/C22H25N3O4S/c1-17-9-11-19(12-10-17)20-21(23-16-24-22(20)29-14-13-26)25-30(27,28)15-5-8-18-6-3-2-4-7-18/h2-4,6-7,9-12,16,26H,5,8,13-15H2,1H3,(H,23,24,25). The summed E-state index contributed by atoms with van der Waals surface area (Å²) in [6, 6.07) is 17.3. The summed E-state index contributed by atoms with van der Waals surface area (Å²) >= 11 is 0. The Bertz CT molecular complexity index is 1060. The Morgan fingerprint density at radius 2 is 1.77 bits per heavy atom. The van der Waals surface area contributed by atoms with Gasteiger partial charge in [-0.25, -0.2) is 18.4 Å². The molecule has 0 spiro atoms. The Morgan fingerprint density at radius 3 is 2.47 bits per heavy atom. The molecule has 0 unspecified atom stereocenters. The van der Waals surface area contributed by atoms with E-state index >= 15 is 0 Å². The lowest BCUT2D eigenvalue weighted by Gasteiger charge is -2.15. The highest BCUT2D eigenvalue weighted by Gasteiger charge is 2.20. The second-order valence-electron chi connectivity index (χ2n) is 6.85. The number of anilines is 1. The first kappa shape index (κ1) is 21.7. The van der Waals surface area contributed by atoms with Gasteiger partial charge in [0.25, 0.3) is 0 Å². The number of aryl methyl sites for hydroxylation is 2. The summed E-state index contributed by atoms with van der Waals surface area (Å²) in [4.78, 5) is 8.28. The highest BCUT2D eigenvalue weighted by Crippen LogP contribution is 2.34. The lowest BCUT2D eigenvalue weighted by Crippen LogP contribution is -2.19. The minimum atomic E-state index is -3.63. The van der Waals surface area contributed by atoms with E-state index in [1.807, 2.05) is 61.5 Å². The Kier molecular flexibility index (Phi) is 7.37. The molecule has 30 heavy (non-hydrogen) atoms. The van der Waals surface area contributed by atoms with E-state index in [4.69, 9.17) is 9.84 Å². The molecule has 0 radical (unpaired) electrons. The average Bonchev–Trinajstić information content (AvgIpc) is 2.73. The molecule has 0 aliphatic carbocycles. The van der Waals surface area contributed by atoms with Gasteiger partial charge in [-0.1, -0.05) is 60.2 Å². The molecule has 0 saturated heterocycles. The minimum absolute atomic E-state index is 0.0356. The molecule has 3 aromatic rings. The van der Waals surface area contributed by atoms with Crippen LogP contribution in [-0.4, -0.2) is 42.5 Å². The Hall–Kier alpha value is -2.97. The van der Waals surface area contributed by atoms with Crippen LogP contribution in [0.4, 0.5) is 5.82 Å². The van der Waals surface area contributed by atoms with Crippen LogP contribution in [-0.2, 0) is 16.4 Å². The number of rotatable bonds is 10. The van der Waals surface area contributed by atoms with Crippen molar-refractivity contribution in [1.29, 1.82) is 0 Å². The number of aromatic nitrogens is 2. The van der Waals surface area contributed by atoms with Gasteiger partial charge in [-0.05, 0) is 30.9 Å². The molecule has 1 aromatic heterocycles. The lowest BCUT2D eigenvalue weighted by molar-refractivity contribution is 0.197. The number of hydrogen-bond donors (Lipinski definition) is 2. The second kappa shape index (κ2) is 10.2. The number of ether oxygens (including phenoxy) is 1. The predicted octanol–water partition coefficient (Wildman–Crippen LogP) is 3.20. The van der Waals surface area contributed by atoms with E-state index in [9.17, 15) is 8.42 Å². The van der Waals surface area contributed by atoms with Crippen LogP contribution in [0, 0.1) is 6.92 Å². The molecule has 3 rings (SSSR count). The van der Waals surface area contributed by atoms with Crippen LogP contribution in [0.1, 0.15) is 17.5 Å². The van der Waals surface area contributed by atoms with Crippen molar-refractivity contribution in [2.24, 2.45) is 0 Å². The molecular weight excluding hydrogens is 402 g/mol. The first-order valence-electron chi connectivity index (χ1n) is 9.68. The fourth-order valence-electron chi connectivity index (χ4n) is 2.99. The predicted molar refractivity (Wildman–Crippen MR) is 117 cm³/mol. The number of hydrogen-bond acceptors (Lipinski definition) is 6. The maximum atomic E-state index is 12.7. The van der Waals surface area contributed by atoms with E-state index in [1.165, 1.54) is 6.33 Å². The summed E-state index contributed by atoms with van der Waals surface area (Å²) in [5.41, 5.74) is 3.32. The molecule has 0 aliphatic heterocycles. The van der Waals surface area contributed by atoms with Gasteiger partial charge in [-0.3, -0.25) is 4.72 Å². The number of benzene rings is 2. The fourth-order valence-corrected chi connectivity index (χ4v) is 4.06. The van der Waals surface area contributed by atoms with Crippen molar-refractivity contribution in [2.75, 3.05) is 23.7 Å². The molecule has 0 saturated carbocycles. The van der Waals surface area contributed by atoms with Gasteiger partial charge < -0.3 is 9.84 Å². The normalized spacial score (nSPS) is 11.3. The highest BCUT2D eigenvalue weighted by atomic mass is 32.2. The van der Waals surface area contributed by atoms with Crippen LogP contribution < -0.4 is 9.46 Å². The lowest BCUT2D eigenvalue weighted by atomic mass is 10.1. The van der Waals surface area contributed by atoms with Gasteiger partial charge in [-0.2, -0.15) is 0 Å². The molecule has 1 heterocycles. The summed E-state index contributed by atoms with van der Waals surface area (Å²) < 4.78 is 33.5. The van der Waals surface area contributed by atoms with Crippen molar-refractivity contribution < 1.29 is 18.3 Å². The Morgan fingerprint density at radius 1 is 1.03 bits per heavy atom. The zero-order valence-electron chi connectivity index (χ0n) is 16.8. The summed E-state index contributed by atoms with van der Waals surface area (Å²) in [5, 5.41) is 9.09. The molecule has 0 amide bonds. The van der Waals surface area contributed by atoms with Gasteiger partial charge in [0.15, 0.2) is 5.82 Å². The molecule has 158 valence electrons. The molecule has 0 atom stereocenters. The Labute approximate surface area is 176 Å². The molecule has 2 N–H and O–H groups in total. The van der Waals surface area contributed by atoms with Crippen LogP contribution >= 0.6 is 0 Å². The zero-order valence-corrected chi connectivity index (χ0v) is 17.6. The maximum Gasteiger partial charge on any atom is 0.233 e. The van der Waals surface area contributed by atoms with Crippen molar-refractivity contribution >= 4 is 15.8 Å². The molecular formula is C22H25N3O4S. The number of aliphatic hydroxyl groups excluding tert-OH is 1. The van der Waals surface area contributed by atoms with Crippen molar-refractivity contribution in [1.82, 2.24) is 9.97 Å². The molecule has 2 aromatic carbocycles. The van der Waals surface area contributed by atoms with Crippen LogP contribution in [0.15, 0.2) is 60.9 Å². The third kappa shape index (κ3) is 6.01. The molecule has 0 fully saturated rings. The first-order chi connectivity index (χ1) is 14.5. The second-order valence-corrected chi connectivity index (χ2v) is 8.69. The van der Waals surface area contributed by atoms with E-state index in [0.29, 0.717) is 18.4 Å². The van der Waals surface area contributed by atoms with E-state index in [2.05, 4.69) is 14.7 Å². The van der Waals surface area contributed by atoms with Crippen molar-refractivity contribution in [3.05, 3.63) is 72.1 Å². The molecule has 0 aliphatic rings. The summed E-state index contributed by atoms with van der Waals surface area (Å²) in [6.45, 7) is 1.82. The number of nitrogens with one attached hydrogen (secondary N) is 1. The zero-order chi connectivity index (χ0) is 21.4. The Balaban J connectivity index is 1.82. The van der Waals surface area contributed by atoms with Crippen LogP contribution in [0.5, 0.6) is 5.88 Å². The highest BCUT2D eigenvalue weighted by molar-refractivity contribution is 7.92. The third-order valence-electron chi connectivity index (χ3n) is 4.46. The molecule has 0 bridgehead atoms. The monoisotopic (exact) mass is 427 g/mol. The smallest absolute Gasteiger partial charge is 0.233 e. The summed E-state index contributed by atoms with van der Waals surface area (Å²) in [6.07, 6.45) is 2.39. The van der Waals surface area contributed by atoms with Crippen LogP contribution in [0.2, 0.25) is 0 Å². The van der Waals surface area contributed by atoms with Gasteiger partial charge in [0, 0.05) is 0 Å². The quantitative estimate of drug-likeness (QED) is 0.515.